The first kappa shape index (κ1) is 15.5. The van der Waals surface area contributed by atoms with Crippen LogP contribution in [-0.4, -0.2) is 42.9 Å². The molecule has 0 fully saturated rings. The number of amides is 2. The van der Waals surface area contributed by atoms with Gasteiger partial charge in [-0.1, -0.05) is 12.1 Å². The Morgan fingerprint density at radius 2 is 1.48 bits per heavy atom. The van der Waals surface area contributed by atoms with E-state index in [9.17, 15) is 31.2 Å². The minimum Gasteiger partial charge on any atom is -0.274 e. The topological polar surface area (TPSA) is 71.5 Å². The lowest BCUT2D eigenvalue weighted by atomic mass is 10.1. The number of rotatable bonds is 4. The maximum atomic E-state index is 12.2. The molecule has 0 aromatic heterocycles. The van der Waals surface area contributed by atoms with E-state index >= 15 is 0 Å². The summed E-state index contributed by atoms with van der Waals surface area (Å²) in [4.78, 5) is 24.5. The normalized spacial score (nSPS) is 15.5. The van der Waals surface area contributed by atoms with Crippen LogP contribution in [0.2, 0.25) is 0 Å². The number of carbonyl (C=O) groups excluding carboxylic acids is 2. The number of sulfone groups is 1. The number of alkyl halides is 3. The first-order chi connectivity index (χ1) is 9.65. The maximum absolute atomic E-state index is 12.2. The third-order valence-electron chi connectivity index (χ3n) is 3.03. The smallest absolute Gasteiger partial charge is 0.274 e. The molecule has 0 atom stereocenters. The summed E-state index contributed by atoms with van der Waals surface area (Å²) >= 11 is 0. The predicted octanol–water partition coefficient (Wildman–Crippen LogP) is 1.61. The summed E-state index contributed by atoms with van der Waals surface area (Å²) in [7, 11) is -5.24. The second-order valence-electron chi connectivity index (χ2n) is 4.43. The van der Waals surface area contributed by atoms with Crippen molar-refractivity contribution in [3.05, 3.63) is 35.4 Å². The SMILES string of the molecule is O=C1c2ccccc2C(=O)N1CCCS(=O)(=O)C(F)(F)F. The second-order valence-corrected chi connectivity index (χ2v) is 6.53. The minimum absolute atomic E-state index is 0.168. The van der Waals surface area contributed by atoms with Crippen LogP contribution in [0, 0.1) is 0 Å². The molecule has 0 N–H and O–H groups in total. The maximum Gasteiger partial charge on any atom is 0.497 e. The molecule has 0 bridgehead atoms. The molecule has 5 nitrogen and oxygen atoms in total. The molecule has 1 aliphatic rings. The number of fused-ring (bicyclic) bond motifs is 1. The van der Waals surface area contributed by atoms with Crippen molar-refractivity contribution in [3.8, 4) is 0 Å². The zero-order valence-corrected chi connectivity index (χ0v) is 11.4. The molecule has 0 radical (unpaired) electrons. The van der Waals surface area contributed by atoms with Gasteiger partial charge >= 0.3 is 5.51 Å². The zero-order chi connectivity index (χ0) is 15.8. The Labute approximate surface area is 118 Å². The Balaban J connectivity index is 2.04. The third-order valence-corrected chi connectivity index (χ3v) is 4.56. The summed E-state index contributed by atoms with van der Waals surface area (Å²) < 4.78 is 58.3. The van der Waals surface area contributed by atoms with Crippen molar-refractivity contribution in [2.45, 2.75) is 11.9 Å². The van der Waals surface area contributed by atoms with Gasteiger partial charge in [0.1, 0.15) is 0 Å². The zero-order valence-electron chi connectivity index (χ0n) is 10.6. The molecule has 1 heterocycles. The summed E-state index contributed by atoms with van der Waals surface area (Å²) in [6, 6.07) is 5.98. The average Bonchev–Trinajstić information content (AvgIpc) is 2.63. The highest BCUT2D eigenvalue weighted by Gasteiger charge is 2.45. The molecule has 9 heteroatoms. The molecule has 2 rings (SSSR count). The van der Waals surface area contributed by atoms with Gasteiger partial charge in [0, 0.05) is 6.54 Å². The molecule has 0 saturated heterocycles. The van der Waals surface area contributed by atoms with Gasteiger partial charge in [0.2, 0.25) is 9.84 Å². The molecule has 2 amide bonds. The summed E-state index contributed by atoms with van der Waals surface area (Å²) in [6.07, 6.45) is -0.465. The van der Waals surface area contributed by atoms with Crippen LogP contribution in [0.25, 0.3) is 0 Å². The van der Waals surface area contributed by atoms with E-state index < -0.39 is 39.3 Å². The summed E-state index contributed by atoms with van der Waals surface area (Å²) in [5.41, 5.74) is -4.99. The fourth-order valence-corrected chi connectivity index (χ4v) is 2.71. The van der Waals surface area contributed by atoms with Crippen LogP contribution >= 0.6 is 0 Å². The quantitative estimate of drug-likeness (QED) is 0.790. The van der Waals surface area contributed by atoms with Gasteiger partial charge in [-0.25, -0.2) is 8.42 Å². The van der Waals surface area contributed by atoms with E-state index in [0.717, 1.165) is 4.90 Å². The van der Waals surface area contributed by atoms with E-state index in [0.29, 0.717) is 0 Å². The van der Waals surface area contributed by atoms with E-state index in [4.69, 9.17) is 0 Å². The number of hydrogen-bond acceptors (Lipinski definition) is 4. The number of hydrogen-bond donors (Lipinski definition) is 0. The average molecular weight is 321 g/mol. The molecule has 1 aromatic carbocycles. The lowest BCUT2D eigenvalue weighted by molar-refractivity contribution is -0.0435. The second kappa shape index (κ2) is 5.14. The van der Waals surface area contributed by atoms with Crippen molar-refractivity contribution >= 4 is 21.7 Å². The lowest BCUT2D eigenvalue weighted by Crippen LogP contribution is -2.33. The van der Waals surface area contributed by atoms with Crippen LogP contribution in [0.15, 0.2) is 24.3 Å². The van der Waals surface area contributed by atoms with E-state index in [1.807, 2.05) is 0 Å². The third kappa shape index (κ3) is 2.78. The van der Waals surface area contributed by atoms with Gasteiger partial charge < -0.3 is 0 Å². The van der Waals surface area contributed by atoms with Gasteiger partial charge in [0.15, 0.2) is 0 Å². The van der Waals surface area contributed by atoms with Gasteiger partial charge in [0.05, 0.1) is 16.9 Å². The van der Waals surface area contributed by atoms with Crippen LogP contribution < -0.4 is 0 Å². The summed E-state index contributed by atoms with van der Waals surface area (Å²) in [5.74, 6) is -2.41. The van der Waals surface area contributed by atoms with Crippen molar-refractivity contribution < 1.29 is 31.2 Å². The summed E-state index contributed by atoms with van der Waals surface area (Å²) in [5, 5.41) is 0. The van der Waals surface area contributed by atoms with Gasteiger partial charge in [0.25, 0.3) is 11.8 Å². The molecule has 1 aromatic rings. The summed E-state index contributed by atoms with van der Waals surface area (Å²) in [6.45, 7) is -0.373. The number of carbonyl (C=O) groups is 2. The lowest BCUT2D eigenvalue weighted by Gasteiger charge is -2.14. The first-order valence-electron chi connectivity index (χ1n) is 5.89. The number of benzene rings is 1. The van der Waals surface area contributed by atoms with Crippen molar-refractivity contribution in [2.75, 3.05) is 12.3 Å². The fraction of sp³-hybridized carbons (Fsp3) is 0.333. The standard InChI is InChI=1S/C12H10F3NO4S/c13-12(14,15)21(19,20)7-3-6-16-10(17)8-4-1-2-5-9(8)11(16)18/h1-2,4-5H,3,6-7H2. The van der Waals surface area contributed by atoms with E-state index in [1.54, 1.807) is 12.1 Å². The van der Waals surface area contributed by atoms with Crippen LogP contribution in [-0.2, 0) is 9.84 Å². The van der Waals surface area contributed by atoms with E-state index in [2.05, 4.69) is 0 Å². The predicted molar refractivity (Wildman–Crippen MR) is 66.3 cm³/mol. The molecule has 0 unspecified atom stereocenters. The molecule has 114 valence electrons. The van der Waals surface area contributed by atoms with Gasteiger partial charge in [-0.05, 0) is 18.6 Å². The minimum atomic E-state index is -5.32. The Bertz CT molecular complexity index is 662. The van der Waals surface area contributed by atoms with Gasteiger partial charge in [-0.3, -0.25) is 14.5 Å². The fourth-order valence-electron chi connectivity index (χ4n) is 1.97. The Morgan fingerprint density at radius 1 is 1.00 bits per heavy atom. The Hall–Kier alpha value is -1.90. The van der Waals surface area contributed by atoms with Crippen LogP contribution in [0.1, 0.15) is 27.1 Å². The largest absolute Gasteiger partial charge is 0.497 e. The highest BCUT2D eigenvalue weighted by atomic mass is 32.2. The van der Waals surface area contributed by atoms with Gasteiger partial charge in [-0.15, -0.1) is 0 Å². The van der Waals surface area contributed by atoms with Crippen LogP contribution in [0.3, 0.4) is 0 Å². The molecule has 0 aliphatic carbocycles. The highest BCUT2D eigenvalue weighted by molar-refractivity contribution is 7.92. The van der Waals surface area contributed by atoms with Crippen LogP contribution in [0.4, 0.5) is 13.2 Å². The van der Waals surface area contributed by atoms with Crippen molar-refractivity contribution in [3.63, 3.8) is 0 Å². The van der Waals surface area contributed by atoms with Crippen molar-refractivity contribution in [2.24, 2.45) is 0 Å². The van der Waals surface area contributed by atoms with Crippen molar-refractivity contribution in [1.82, 2.24) is 4.90 Å². The first-order valence-corrected chi connectivity index (χ1v) is 7.54. The monoisotopic (exact) mass is 321 g/mol. The molecule has 0 spiro atoms. The van der Waals surface area contributed by atoms with Gasteiger partial charge in [-0.2, -0.15) is 13.2 Å². The molecule has 21 heavy (non-hydrogen) atoms. The number of nitrogens with zero attached hydrogens (tertiary/aromatic N) is 1. The molecule has 0 saturated carbocycles. The molecule has 1 aliphatic heterocycles. The van der Waals surface area contributed by atoms with E-state index in [1.165, 1.54) is 12.1 Å². The Morgan fingerprint density at radius 3 is 1.90 bits per heavy atom. The van der Waals surface area contributed by atoms with E-state index in [-0.39, 0.29) is 17.7 Å². The Kier molecular flexibility index (Phi) is 3.79. The molecular formula is C12H10F3NO4S. The van der Waals surface area contributed by atoms with Crippen molar-refractivity contribution in [1.29, 1.82) is 0 Å². The molecular weight excluding hydrogens is 311 g/mol. The number of halogens is 3. The number of imide groups is 1. The highest BCUT2D eigenvalue weighted by Crippen LogP contribution is 2.26. The van der Waals surface area contributed by atoms with Crippen LogP contribution in [0.5, 0.6) is 0 Å².